The first kappa shape index (κ1) is 36.8. The maximum Gasteiger partial charge on any atom is 0.244 e. The van der Waals surface area contributed by atoms with Crippen LogP contribution in [0, 0.1) is 0 Å². The lowest BCUT2D eigenvalue weighted by atomic mass is 10.00. The molecular formula is C29H41N11O5S2. The number of carbonyl (C=O) groups is 5. The van der Waals surface area contributed by atoms with Crippen LogP contribution in [0.25, 0.3) is 10.8 Å². The van der Waals surface area contributed by atoms with E-state index in [9.17, 15) is 24.0 Å². The number of hydrogen-bond donors (Lipinski definition) is 9. The molecule has 0 unspecified atom stereocenters. The quantitative estimate of drug-likeness (QED) is 0.0535. The van der Waals surface area contributed by atoms with Gasteiger partial charge in [0.2, 0.25) is 29.5 Å². The van der Waals surface area contributed by atoms with Gasteiger partial charge in [-0.3, -0.25) is 34.0 Å². The third kappa shape index (κ3) is 12.5. The van der Waals surface area contributed by atoms with Crippen LogP contribution in [0.2, 0.25) is 0 Å². The Labute approximate surface area is 279 Å². The minimum atomic E-state index is -1.13. The maximum atomic E-state index is 13.7. The van der Waals surface area contributed by atoms with Gasteiger partial charge in [-0.1, -0.05) is 64.1 Å². The summed E-state index contributed by atoms with van der Waals surface area (Å²) in [5.74, 6) is -3.33. The molecule has 0 spiro atoms. The third-order valence-corrected chi connectivity index (χ3v) is 9.38. The first-order valence-corrected chi connectivity index (χ1v) is 17.2. The van der Waals surface area contributed by atoms with Crippen LogP contribution in [-0.2, 0) is 30.4 Å². The summed E-state index contributed by atoms with van der Waals surface area (Å²) in [6, 6.07) is 8.97. The van der Waals surface area contributed by atoms with Gasteiger partial charge in [-0.25, -0.2) is 0 Å². The second-order valence-electron chi connectivity index (χ2n) is 10.7. The molecular weight excluding hydrogens is 647 g/mol. The molecule has 0 aliphatic carbocycles. The van der Waals surface area contributed by atoms with Crippen LogP contribution in [0.1, 0.15) is 24.8 Å². The highest BCUT2D eigenvalue weighted by molar-refractivity contribution is 8.76. The zero-order valence-corrected chi connectivity index (χ0v) is 27.3. The predicted molar refractivity (Wildman–Crippen MR) is 185 cm³/mol. The molecule has 18 heteroatoms. The van der Waals surface area contributed by atoms with Crippen LogP contribution < -0.4 is 49.9 Å². The Morgan fingerprint density at radius 3 is 2.13 bits per heavy atom. The van der Waals surface area contributed by atoms with E-state index in [1.807, 2.05) is 42.5 Å². The number of nitrogens with two attached hydrogens (primary N) is 5. The standard InChI is InChI=1S/C29H41N11O5S2/c30-24(42)21-14-46-47-15-22(37-23(41)9-11-36-29(33)34)27(45)38-19(6-3-10-35-28(31)32)25(43)39-20(26(44)40-21)13-16-7-8-17-4-1-2-5-18(17)12-16/h1-2,4-5,7-8,12,19-22H,3,6,9-11,13-15H2,(H2,30,42)(H,37,41)(H,38,45)(H,39,43)(H,40,44)(H4,31,32,35)(H4,33,34,36)/t19-,20-,21+,22-/m1/s1. The number of hydrogen-bond acceptors (Lipinski definition) is 9. The molecule has 47 heavy (non-hydrogen) atoms. The minimum Gasteiger partial charge on any atom is -0.370 e. The lowest BCUT2D eigenvalue weighted by Crippen LogP contribution is -2.59. The Morgan fingerprint density at radius 2 is 1.43 bits per heavy atom. The van der Waals surface area contributed by atoms with Crippen LogP contribution >= 0.6 is 21.6 Å². The molecule has 4 atom stereocenters. The fraction of sp³-hybridized carbons (Fsp3) is 0.414. The second-order valence-corrected chi connectivity index (χ2v) is 13.2. The largest absolute Gasteiger partial charge is 0.370 e. The van der Waals surface area contributed by atoms with Gasteiger partial charge in [0, 0.05) is 30.9 Å². The molecule has 2 aromatic rings. The Hall–Kier alpha value is -4.71. The predicted octanol–water partition coefficient (Wildman–Crippen LogP) is -2.08. The Balaban J connectivity index is 1.90. The van der Waals surface area contributed by atoms with E-state index in [-0.39, 0.29) is 55.8 Å². The normalized spacial score (nSPS) is 20.9. The average molecular weight is 688 g/mol. The molecule has 0 bridgehead atoms. The third-order valence-electron chi connectivity index (χ3n) is 6.96. The van der Waals surface area contributed by atoms with Gasteiger partial charge in [-0.15, -0.1) is 0 Å². The first-order valence-electron chi connectivity index (χ1n) is 14.8. The Kier molecular flexibility index (Phi) is 14.4. The minimum absolute atomic E-state index is 0.0127. The topological polar surface area (TPSA) is 288 Å². The summed E-state index contributed by atoms with van der Waals surface area (Å²) in [4.78, 5) is 73.5. The van der Waals surface area contributed by atoms with Gasteiger partial charge in [0.05, 0.1) is 6.54 Å². The molecule has 16 nitrogen and oxygen atoms in total. The maximum absolute atomic E-state index is 13.7. The van der Waals surface area contributed by atoms with E-state index >= 15 is 0 Å². The van der Waals surface area contributed by atoms with Gasteiger partial charge < -0.3 is 49.9 Å². The van der Waals surface area contributed by atoms with Gasteiger partial charge in [0.25, 0.3) is 0 Å². The van der Waals surface area contributed by atoms with Crippen molar-refractivity contribution in [3.05, 3.63) is 48.0 Å². The molecule has 14 N–H and O–H groups in total. The van der Waals surface area contributed by atoms with Gasteiger partial charge in [-0.05, 0) is 29.2 Å². The van der Waals surface area contributed by atoms with E-state index in [2.05, 4.69) is 31.3 Å². The van der Waals surface area contributed by atoms with Crippen LogP contribution in [0.4, 0.5) is 0 Å². The van der Waals surface area contributed by atoms with Crippen molar-refractivity contribution >= 4 is 73.8 Å². The molecule has 1 fully saturated rings. The van der Waals surface area contributed by atoms with Crippen molar-refractivity contribution in [1.82, 2.24) is 21.3 Å². The van der Waals surface area contributed by atoms with Gasteiger partial charge in [0.15, 0.2) is 11.9 Å². The zero-order valence-electron chi connectivity index (χ0n) is 25.6. The summed E-state index contributed by atoms with van der Waals surface area (Å²) >= 11 is 0. The Morgan fingerprint density at radius 1 is 0.787 bits per heavy atom. The van der Waals surface area contributed by atoms with E-state index in [0.29, 0.717) is 6.42 Å². The fourth-order valence-corrected chi connectivity index (χ4v) is 6.90. The van der Waals surface area contributed by atoms with E-state index in [0.717, 1.165) is 16.3 Å². The van der Waals surface area contributed by atoms with E-state index in [1.165, 1.54) is 21.6 Å². The number of guanidine groups is 2. The van der Waals surface area contributed by atoms with Gasteiger partial charge in [0.1, 0.15) is 24.2 Å². The molecule has 0 radical (unpaired) electrons. The van der Waals surface area contributed by atoms with Crippen molar-refractivity contribution in [3.8, 4) is 0 Å². The number of benzene rings is 2. The van der Waals surface area contributed by atoms with E-state index < -0.39 is 53.7 Å². The molecule has 2 aromatic carbocycles. The first-order chi connectivity index (χ1) is 22.4. The average Bonchev–Trinajstić information content (AvgIpc) is 3.01. The lowest BCUT2D eigenvalue weighted by molar-refractivity contribution is -0.134. The highest BCUT2D eigenvalue weighted by Gasteiger charge is 2.32. The molecule has 254 valence electrons. The summed E-state index contributed by atoms with van der Waals surface area (Å²) in [6.45, 7) is 0.194. The van der Waals surface area contributed by atoms with Gasteiger partial charge in [-0.2, -0.15) is 0 Å². The number of fused-ring (bicyclic) bond motifs is 1. The van der Waals surface area contributed by atoms with Crippen molar-refractivity contribution in [1.29, 1.82) is 0 Å². The molecule has 0 aromatic heterocycles. The van der Waals surface area contributed by atoms with Crippen molar-refractivity contribution in [2.45, 2.75) is 49.9 Å². The van der Waals surface area contributed by atoms with Crippen molar-refractivity contribution < 1.29 is 24.0 Å². The van der Waals surface area contributed by atoms with Crippen LogP contribution in [0.15, 0.2) is 52.4 Å². The summed E-state index contributed by atoms with van der Waals surface area (Å²) in [5, 5.41) is 12.7. The summed E-state index contributed by atoms with van der Waals surface area (Å²) in [5.41, 5.74) is 27.9. The fourth-order valence-electron chi connectivity index (χ4n) is 4.56. The molecule has 5 amide bonds. The van der Waals surface area contributed by atoms with Crippen molar-refractivity contribution in [3.63, 3.8) is 0 Å². The number of primary amides is 1. The molecule has 3 rings (SSSR count). The SMILES string of the molecule is NC(=O)[C@@H]1CSSC[C@@H](NC(=O)CCN=C(N)N)C(=O)N[C@H](CCCN=C(N)N)C(=O)N[C@H](Cc2ccc3ccccc3c2)C(=O)N1. The lowest BCUT2D eigenvalue weighted by Gasteiger charge is -2.27. The van der Waals surface area contributed by atoms with Gasteiger partial charge >= 0.3 is 0 Å². The summed E-state index contributed by atoms with van der Waals surface area (Å²) in [7, 11) is 2.37. The smallest absolute Gasteiger partial charge is 0.244 e. The van der Waals surface area contributed by atoms with Crippen LogP contribution in [0.3, 0.4) is 0 Å². The zero-order chi connectivity index (χ0) is 34.3. The number of carbonyl (C=O) groups excluding carboxylic acids is 5. The van der Waals surface area contributed by atoms with E-state index in [4.69, 9.17) is 28.7 Å². The number of aliphatic imine (C=N–C) groups is 2. The van der Waals surface area contributed by atoms with Crippen molar-refractivity contribution in [2.24, 2.45) is 38.7 Å². The molecule has 1 heterocycles. The number of nitrogens with zero attached hydrogens (tertiary/aromatic N) is 2. The molecule has 1 aliphatic rings. The molecule has 1 aliphatic heterocycles. The highest BCUT2D eigenvalue weighted by Crippen LogP contribution is 2.24. The number of nitrogens with one attached hydrogen (secondary N) is 4. The molecule has 1 saturated heterocycles. The highest BCUT2D eigenvalue weighted by atomic mass is 33.1. The summed E-state index contributed by atoms with van der Waals surface area (Å²) < 4.78 is 0. The Bertz CT molecular complexity index is 1500. The monoisotopic (exact) mass is 687 g/mol. The van der Waals surface area contributed by atoms with E-state index in [1.54, 1.807) is 0 Å². The second kappa shape index (κ2) is 18.4. The molecule has 0 saturated carbocycles. The van der Waals surface area contributed by atoms with Crippen LogP contribution in [0.5, 0.6) is 0 Å². The number of amides is 5. The van der Waals surface area contributed by atoms with Crippen molar-refractivity contribution in [2.75, 3.05) is 24.6 Å². The number of rotatable bonds is 11. The summed E-state index contributed by atoms with van der Waals surface area (Å²) in [6.07, 6.45) is 0.407. The van der Waals surface area contributed by atoms with Crippen LogP contribution in [-0.4, -0.2) is 90.2 Å².